The summed E-state index contributed by atoms with van der Waals surface area (Å²) < 4.78 is 5.63. The van der Waals surface area contributed by atoms with Crippen molar-refractivity contribution < 1.29 is 14.6 Å². The number of carbonyl (C=O) groups is 1. The lowest BCUT2D eigenvalue weighted by atomic mass is 10.0. The van der Waals surface area contributed by atoms with E-state index in [2.05, 4.69) is 10.2 Å². The molecule has 1 heterocycles. The SMILES string of the molecule is Cc1ccccc1C(=O)NC1CCN(CC(O)COC(C)(C)C)CC1. The molecule has 1 aromatic carbocycles. The number of β-amino-alcohol motifs (C(OH)–C–C–N with tert-alkyl or cyclic N) is 1. The molecule has 0 radical (unpaired) electrons. The Kier molecular flexibility index (Phi) is 6.99. The molecule has 0 aliphatic carbocycles. The first-order valence-electron chi connectivity index (χ1n) is 9.15. The minimum Gasteiger partial charge on any atom is -0.389 e. The summed E-state index contributed by atoms with van der Waals surface area (Å²) in [5.41, 5.74) is 1.52. The number of aryl methyl sites for hydroxylation is 1. The van der Waals surface area contributed by atoms with Crippen LogP contribution in [0.1, 0.15) is 49.5 Å². The van der Waals surface area contributed by atoms with Gasteiger partial charge >= 0.3 is 0 Å². The van der Waals surface area contributed by atoms with Gasteiger partial charge in [-0.2, -0.15) is 0 Å². The Bertz CT molecular complexity index is 560. The van der Waals surface area contributed by atoms with Crippen LogP contribution in [0.25, 0.3) is 0 Å². The van der Waals surface area contributed by atoms with Crippen LogP contribution in [0.2, 0.25) is 0 Å². The van der Waals surface area contributed by atoms with Crippen molar-refractivity contribution in [3.8, 4) is 0 Å². The standard InChI is InChI=1S/C20H32N2O3/c1-15-7-5-6-8-18(15)19(24)21-16-9-11-22(12-10-16)13-17(23)14-25-20(2,3)4/h5-8,16-17,23H,9-14H2,1-4H3,(H,21,24). The number of nitrogens with zero attached hydrogens (tertiary/aromatic N) is 1. The van der Waals surface area contributed by atoms with E-state index in [0.717, 1.165) is 37.1 Å². The van der Waals surface area contributed by atoms with Crippen LogP contribution in [-0.4, -0.2) is 59.9 Å². The van der Waals surface area contributed by atoms with E-state index in [-0.39, 0.29) is 17.6 Å². The normalized spacial score (nSPS) is 18.1. The van der Waals surface area contributed by atoms with Crippen molar-refractivity contribution in [3.05, 3.63) is 35.4 Å². The summed E-state index contributed by atoms with van der Waals surface area (Å²) in [6, 6.07) is 7.86. The minimum atomic E-state index is -0.475. The number of carbonyl (C=O) groups excluding carboxylic acids is 1. The zero-order chi connectivity index (χ0) is 18.4. The van der Waals surface area contributed by atoms with Crippen LogP contribution < -0.4 is 5.32 Å². The predicted octanol–water partition coefficient (Wildman–Crippen LogP) is 2.37. The highest BCUT2D eigenvalue weighted by Gasteiger charge is 2.23. The molecule has 1 aliphatic rings. The van der Waals surface area contributed by atoms with E-state index in [4.69, 9.17) is 4.74 Å². The highest BCUT2D eigenvalue weighted by Crippen LogP contribution is 2.14. The molecular formula is C20H32N2O3. The van der Waals surface area contributed by atoms with Crippen molar-refractivity contribution in [2.75, 3.05) is 26.2 Å². The second kappa shape index (κ2) is 8.79. The molecule has 0 spiro atoms. The minimum absolute atomic E-state index is 0.00941. The summed E-state index contributed by atoms with van der Waals surface area (Å²) in [7, 11) is 0. The van der Waals surface area contributed by atoms with Gasteiger partial charge in [0.25, 0.3) is 5.91 Å². The van der Waals surface area contributed by atoms with E-state index in [1.807, 2.05) is 52.0 Å². The fourth-order valence-corrected chi connectivity index (χ4v) is 3.05. The summed E-state index contributed by atoms with van der Waals surface area (Å²) in [5, 5.41) is 13.3. The molecule has 1 saturated heterocycles. The molecule has 2 rings (SSSR count). The number of nitrogens with one attached hydrogen (secondary N) is 1. The monoisotopic (exact) mass is 348 g/mol. The van der Waals surface area contributed by atoms with Gasteiger partial charge in [0.1, 0.15) is 0 Å². The molecule has 5 nitrogen and oxygen atoms in total. The van der Waals surface area contributed by atoms with E-state index in [1.54, 1.807) is 0 Å². The molecule has 1 aromatic rings. The highest BCUT2D eigenvalue weighted by molar-refractivity contribution is 5.95. The predicted molar refractivity (Wildman–Crippen MR) is 99.8 cm³/mol. The molecule has 1 aliphatic heterocycles. The number of hydrogen-bond donors (Lipinski definition) is 2. The molecule has 5 heteroatoms. The van der Waals surface area contributed by atoms with Crippen LogP contribution in [-0.2, 0) is 4.74 Å². The second-order valence-corrected chi connectivity index (χ2v) is 7.94. The maximum absolute atomic E-state index is 12.4. The van der Waals surface area contributed by atoms with Crippen LogP contribution in [0.15, 0.2) is 24.3 Å². The van der Waals surface area contributed by atoms with Gasteiger partial charge in [0.2, 0.25) is 0 Å². The molecule has 1 unspecified atom stereocenters. The van der Waals surface area contributed by atoms with Crippen molar-refractivity contribution in [2.24, 2.45) is 0 Å². The average Bonchev–Trinajstić information content (AvgIpc) is 2.54. The molecule has 1 fully saturated rings. The van der Waals surface area contributed by atoms with Crippen molar-refractivity contribution in [2.45, 2.75) is 58.3 Å². The Morgan fingerprint density at radius 2 is 1.96 bits per heavy atom. The van der Waals surface area contributed by atoms with Crippen molar-refractivity contribution >= 4 is 5.91 Å². The molecule has 1 atom stereocenters. The van der Waals surface area contributed by atoms with Crippen LogP contribution in [0.4, 0.5) is 0 Å². The van der Waals surface area contributed by atoms with Crippen molar-refractivity contribution in [1.29, 1.82) is 0 Å². The van der Waals surface area contributed by atoms with Gasteiger partial charge in [0.15, 0.2) is 0 Å². The maximum Gasteiger partial charge on any atom is 0.251 e. The molecule has 1 amide bonds. The number of ether oxygens (including phenoxy) is 1. The molecular weight excluding hydrogens is 316 g/mol. The summed E-state index contributed by atoms with van der Waals surface area (Å²) >= 11 is 0. The number of rotatable bonds is 6. The van der Waals surface area contributed by atoms with Gasteiger partial charge in [-0.25, -0.2) is 0 Å². The topological polar surface area (TPSA) is 61.8 Å². The fraction of sp³-hybridized carbons (Fsp3) is 0.650. The highest BCUT2D eigenvalue weighted by atomic mass is 16.5. The van der Waals surface area contributed by atoms with Gasteiger partial charge in [0, 0.05) is 31.2 Å². The van der Waals surface area contributed by atoms with Crippen LogP contribution in [0, 0.1) is 6.92 Å². The van der Waals surface area contributed by atoms with E-state index < -0.39 is 6.10 Å². The number of hydrogen-bond acceptors (Lipinski definition) is 4. The number of benzene rings is 1. The molecule has 2 N–H and O–H groups in total. The summed E-state index contributed by atoms with van der Waals surface area (Å²) in [6.45, 7) is 10.7. The lowest BCUT2D eigenvalue weighted by Gasteiger charge is -2.34. The summed E-state index contributed by atoms with van der Waals surface area (Å²) in [4.78, 5) is 14.6. The van der Waals surface area contributed by atoms with Crippen LogP contribution in [0.5, 0.6) is 0 Å². The third-order valence-electron chi connectivity index (χ3n) is 4.49. The quantitative estimate of drug-likeness (QED) is 0.828. The lowest BCUT2D eigenvalue weighted by molar-refractivity contribution is -0.0574. The Morgan fingerprint density at radius 1 is 1.32 bits per heavy atom. The van der Waals surface area contributed by atoms with Crippen molar-refractivity contribution in [3.63, 3.8) is 0 Å². The van der Waals surface area contributed by atoms with Crippen molar-refractivity contribution in [1.82, 2.24) is 10.2 Å². The first-order valence-corrected chi connectivity index (χ1v) is 9.15. The first kappa shape index (κ1) is 19.9. The molecule has 25 heavy (non-hydrogen) atoms. The number of amides is 1. The third kappa shape index (κ3) is 6.77. The van der Waals surface area contributed by atoms with Crippen LogP contribution in [0.3, 0.4) is 0 Å². The smallest absolute Gasteiger partial charge is 0.251 e. The zero-order valence-corrected chi connectivity index (χ0v) is 15.9. The van der Waals surface area contributed by atoms with Gasteiger partial charge in [0.05, 0.1) is 18.3 Å². The maximum atomic E-state index is 12.4. The molecule has 0 saturated carbocycles. The fourth-order valence-electron chi connectivity index (χ4n) is 3.05. The Labute approximate surface area is 151 Å². The largest absolute Gasteiger partial charge is 0.389 e. The zero-order valence-electron chi connectivity index (χ0n) is 15.9. The van der Waals surface area contributed by atoms with Gasteiger partial charge < -0.3 is 20.1 Å². The summed E-state index contributed by atoms with van der Waals surface area (Å²) in [5.74, 6) is 0.00941. The van der Waals surface area contributed by atoms with E-state index in [1.165, 1.54) is 0 Å². The number of likely N-dealkylation sites (tertiary alicyclic amines) is 1. The molecule has 0 aromatic heterocycles. The van der Waals surface area contributed by atoms with E-state index >= 15 is 0 Å². The first-order chi connectivity index (χ1) is 11.7. The average molecular weight is 348 g/mol. The second-order valence-electron chi connectivity index (χ2n) is 7.94. The third-order valence-corrected chi connectivity index (χ3v) is 4.49. The number of aliphatic hydroxyl groups excluding tert-OH is 1. The molecule has 0 bridgehead atoms. The molecule has 140 valence electrons. The van der Waals surface area contributed by atoms with E-state index in [9.17, 15) is 9.90 Å². The Morgan fingerprint density at radius 3 is 2.56 bits per heavy atom. The number of aliphatic hydroxyl groups is 1. The summed E-state index contributed by atoms with van der Waals surface area (Å²) in [6.07, 6.45) is 1.34. The van der Waals surface area contributed by atoms with Gasteiger partial charge in [-0.1, -0.05) is 18.2 Å². The number of piperidine rings is 1. The Hall–Kier alpha value is -1.43. The van der Waals surface area contributed by atoms with Gasteiger partial charge in [-0.3, -0.25) is 4.79 Å². The van der Waals surface area contributed by atoms with Gasteiger partial charge in [-0.15, -0.1) is 0 Å². The van der Waals surface area contributed by atoms with Gasteiger partial charge in [-0.05, 0) is 52.2 Å². The van der Waals surface area contributed by atoms with E-state index in [0.29, 0.717) is 13.2 Å². The Balaban J connectivity index is 1.73. The van der Waals surface area contributed by atoms with Crippen LogP contribution >= 0.6 is 0 Å². The lowest BCUT2D eigenvalue weighted by Crippen LogP contribution is -2.47.